The monoisotopic (exact) mass is 427 g/mol. The summed E-state index contributed by atoms with van der Waals surface area (Å²) in [7, 11) is 0. The molecule has 1 aromatic carbocycles. The van der Waals surface area contributed by atoms with Crippen LogP contribution in [0.5, 0.6) is 0 Å². The minimum absolute atomic E-state index is 0.0445. The van der Waals surface area contributed by atoms with Gasteiger partial charge in [-0.1, -0.05) is 30.3 Å². The van der Waals surface area contributed by atoms with E-state index in [-0.39, 0.29) is 37.0 Å². The van der Waals surface area contributed by atoms with Crippen molar-refractivity contribution in [3.05, 3.63) is 35.9 Å². The van der Waals surface area contributed by atoms with Gasteiger partial charge in [-0.2, -0.15) is 0 Å². The summed E-state index contributed by atoms with van der Waals surface area (Å²) in [6.45, 7) is 0.395. The standard InChI is InChI=1S/C24H33N3O4/c28-21(25-8-6-17-4-2-1-3-5-17)16-31-22(29)7-9-26-23(30)27-24-13-18-10-19(14-24)12-20(11-18)15-24/h1-5,18-20H,6-16H2,(H,25,28)(H2,26,27,30). The second-order valence-corrected chi connectivity index (χ2v) is 9.58. The molecule has 4 fully saturated rings. The van der Waals surface area contributed by atoms with E-state index < -0.39 is 5.97 Å². The summed E-state index contributed by atoms with van der Waals surface area (Å²) in [5.74, 6) is 1.48. The Morgan fingerprint density at radius 2 is 1.55 bits per heavy atom. The summed E-state index contributed by atoms with van der Waals surface area (Å²) in [4.78, 5) is 36.0. The largest absolute Gasteiger partial charge is 0.456 e. The van der Waals surface area contributed by atoms with E-state index in [1.165, 1.54) is 19.3 Å². The van der Waals surface area contributed by atoms with E-state index in [9.17, 15) is 14.4 Å². The van der Waals surface area contributed by atoms with Gasteiger partial charge in [0, 0.05) is 18.6 Å². The number of ether oxygens (including phenoxy) is 1. The maximum absolute atomic E-state index is 12.4. The number of esters is 1. The average molecular weight is 428 g/mol. The predicted octanol–water partition coefficient (Wildman–Crippen LogP) is 2.55. The van der Waals surface area contributed by atoms with Gasteiger partial charge in [-0.3, -0.25) is 9.59 Å². The zero-order valence-corrected chi connectivity index (χ0v) is 18.0. The summed E-state index contributed by atoms with van der Waals surface area (Å²) < 4.78 is 5.00. The third-order valence-corrected chi connectivity index (χ3v) is 6.97. The van der Waals surface area contributed by atoms with Crippen LogP contribution in [-0.2, 0) is 20.7 Å². The van der Waals surface area contributed by atoms with Crippen molar-refractivity contribution in [3.8, 4) is 0 Å². The summed E-state index contributed by atoms with van der Waals surface area (Å²) in [5.41, 5.74) is 1.09. The van der Waals surface area contributed by atoms with E-state index in [2.05, 4.69) is 16.0 Å². The Balaban J connectivity index is 1.07. The Bertz CT molecular complexity index is 760. The van der Waals surface area contributed by atoms with Crippen LogP contribution in [0.1, 0.15) is 50.5 Å². The van der Waals surface area contributed by atoms with Crippen molar-refractivity contribution < 1.29 is 19.1 Å². The molecular formula is C24H33N3O4. The van der Waals surface area contributed by atoms with Crippen molar-refractivity contribution in [2.45, 2.75) is 56.9 Å². The van der Waals surface area contributed by atoms with E-state index in [4.69, 9.17) is 4.74 Å². The third-order valence-electron chi connectivity index (χ3n) is 6.97. The number of hydrogen-bond acceptors (Lipinski definition) is 4. The molecule has 7 heteroatoms. The van der Waals surface area contributed by atoms with E-state index in [1.54, 1.807) is 0 Å². The van der Waals surface area contributed by atoms with Gasteiger partial charge < -0.3 is 20.7 Å². The van der Waals surface area contributed by atoms with Crippen molar-refractivity contribution in [1.82, 2.24) is 16.0 Å². The molecular weight excluding hydrogens is 394 g/mol. The molecule has 1 aromatic rings. The van der Waals surface area contributed by atoms with E-state index in [0.717, 1.165) is 49.0 Å². The lowest BCUT2D eigenvalue weighted by Gasteiger charge is -2.56. The summed E-state index contributed by atoms with van der Waals surface area (Å²) in [5, 5.41) is 8.73. The zero-order valence-electron chi connectivity index (χ0n) is 18.0. The quantitative estimate of drug-likeness (QED) is 0.528. The maximum Gasteiger partial charge on any atom is 0.315 e. The molecule has 0 saturated heterocycles. The molecule has 4 aliphatic carbocycles. The summed E-state index contributed by atoms with van der Waals surface area (Å²) in [6.07, 6.45) is 8.03. The molecule has 31 heavy (non-hydrogen) atoms. The highest BCUT2D eigenvalue weighted by atomic mass is 16.5. The number of rotatable bonds is 9. The molecule has 0 heterocycles. The number of amides is 3. The molecule has 4 bridgehead atoms. The Labute approximate surface area is 183 Å². The van der Waals surface area contributed by atoms with Crippen molar-refractivity contribution >= 4 is 17.9 Å². The first kappa shape index (κ1) is 21.7. The molecule has 0 atom stereocenters. The molecule has 0 aliphatic heterocycles. The fourth-order valence-electron chi connectivity index (χ4n) is 6.09. The van der Waals surface area contributed by atoms with Crippen molar-refractivity contribution in [2.75, 3.05) is 19.7 Å². The Kier molecular flexibility index (Phi) is 6.78. The molecule has 0 radical (unpaired) electrons. The van der Waals surface area contributed by atoms with Gasteiger partial charge in [0.2, 0.25) is 0 Å². The first-order chi connectivity index (χ1) is 15.0. The highest BCUT2D eigenvalue weighted by molar-refractivity contribution is 5.81. The van der Waals surface area contributed by atoms with Crippen LogP contribution in [0, 0.1) is 17.8 Å². The number of urea groups is 1. The average Bonchev–Trinajstić information content (AvgIpc) is 2.71. The van der Waals surface area contributed by atoms with Crippen molar-refractivity contribution in [1.29, 1.82) is 0 Å². The lowest BCUT2D eigenvalue weighted by Crippen LogP contribution is -2.61. The lowest BCUT2D eigenvalue weighted by molar-refractivity contribution is -0.148. The second kappa shape index (κ2) is 9.71. The van der Waals surface area contributed by atoms with Gasteiger partial charge in [-0.05, 0) is 68.3 Å². The molecule has 0 aromatic heterocycles. The number of benzene rings is 1. The number of carbonyl (C=O) groups is 3. The van der Waals surface area contributed by atoms with Gasteiger partial charge in [0.05, 0.1) is 6.42 Å². The maximum atomic E-state index is 12.4. The highest BCUT2D eigenvalue weighted by Gasteiger charge is 2.51. The van der Waals surface area contributed by atoms with Crippen molar-refractivity contribution in [3.63, 3.8) is 0 Å². The van der Waals surface area contributed by atoms with Crippen LogP contribution < -0.4 is 16.0 Å². The van der Waals surface area contributed by atoms with Gasteiger partial charge in [-0.15, -0.1) is 0 Å². The SMILES string of the molecule is O=C(COC(=O)CCNC(=O)NC12CC3CC(CC(C3)C1)C2)NCCc1ccccc1. The molecule has 4 aliphatic rings. The van der Waals surface area contributed by atoms with Crippen LogP contribution in [0.4, 0.5) is 4.79 Å². The number of nitrogens with one attached hydrogen (secondary N) is 3. The van der Waals surface area contributed by atoms with Gasteiger partial charge in [-0.25, -0.2) is 4.79 Å². The molecule has 7 nitrogen and oxygen atoms in total. The topological polar surface area (TPSA) is 96.5 Å². The fraction of sp³-hybridized carbons (Fsp3) is 0.625. The van der Waals surface area contributed by atoms with Crippen LogP contribution in [0.2, 0.25) is 0 Å². The molecule has 4 saturated carbocycles. The molecule has 3 amide bonds. The van der Waals surface area contributed by atoms with Crippen molar-refractivity contribution in [2.24, 2.45) is 17.8 Å². The minimum atomic E-state index is -0.492. The molecule has 5 rings (SSSR count). The van der Waals surface area contributed by atoms with Crippen LogP contribution in [0.3, 0.4) is 0 Å². The van der Waals surface area contributed by atoms with Crippen LogP contribution in [0.25, 0.3) is 0 Å². The Morgan fingerprint density at radius 1 is 0.903 bits per heavy atom. The smallest absolute Gasteiger partial charge is 0.315 e. The second-order valence-electron chi connectivity index (χ2n) is 9.58. The highest BCUT2D eigenvalue weighted by Crippen LogP contribution is 2.55. The molecule has 3 N–H and O–H groups in total. The van der Waals surface area contributed by atoms with Gasteiger partial charge in [0.15, 0.2) is 6.61 Å². The van der Waals surface area contributed by atoms with Gasteiger partial charge in [0.25, 0.3) is 5.91 Å². The van der Waals surface area contributed by atoms with Crippen LogP contribution >= 0.6 is 0 Å². The van der Waals surface area contributed by atoms with E-state index >= 15 is 0 Å². The fourth-order valence-corrected chi connectivity index (χ4v) is 6.09. The number of carbonyl (C=O) groups excluding carboxylic acids is 3. The summed E-state index contributed by atoms with van der Waals surface area (Å²) >= 11 is 0. The third kappa shape index (κ3) is 5.99. The van der Waals surface area contributed by atoms with E-state index in [0.29, 0.717) is 6.54 Å². The Hall–Kier alpha value is -2.57. The molecule has 168 valence electrons. The predicted molar refractivity (Wildman–Crippen MR) is 116 cm³/mol. The first-order valence-electron chi connectivity index (χ1n) is 11.5. The lowest BCUT2D eigenvalue weighted by atomic mass is 9.53. The van der Waals surface area contributed by atoms with Crippen LogP contribution in [-0.4, -0.2) is 43.1 Å². The number of hydrogen-bond donors (Lipinski definition) is 3. The van der Waals surface area contributed by atoms with Crippen LogP contribution in [0.15, 0.2) is 30.3 Å². The normalized spacial score (nSPS) is 28.1. The summed E-state index contributed by atoms with van der Waals surface area (Å²) in [6, 6.07) is 9.65. The molecule has 0 spiro atoms. The van der Waals surface area contributed by atoms with Gasteiger partial charge >= 0.3 is 12.0 Å². The first-order valence-corrected chi connectivity index (χ1v) is 11.5. The van der Waals surface area contributed by atoms with Gasteiger partial charge in [0.1, 0.15) is 0 Å². The van der Waals surface area contributed by atoms with E-state index in [1.807, 2.05) is 30.3 Å². The Morgan fingerprint density at radius 3 is 2.19 bits per heavy atom. The zero-order chi connectivity index (χ0) is 21.7. The molecule has 0 unspecified atom stereocenters. The minimum Gasteiger partial charge on any atom is -0.456 e.